The summed E-state index contributed by atoms with van der Waals surface area (Å²) in [5, 5.41) is 9.12. The number of aliphatic carboxylic acids is 1. The van der Waals surface area contributed by atoms with E-state index in [4.69, 9.17) is 5.11 Å². The molecular formula is C16H12F5NO2. The highest BCUT2D eigenvalue weighted by atomic mass is 19.2. The second-order valence-corrected chi connectivity index (χ2v) is 5.05. The lowest BCUT2D eigenvalue weighted by Gasteiger charge is -2.29. The molecular weight excluding hydrogens is 333 g/mol. The van der Waals surface area contributed by atoms with Gasteiger partial charge in [-0.3, -0.25) is 0 Å². The predicted molar refractivity (Wildman–Crippen MR) is 76.0 cm³/mol. The molecule has 0 aromatic heterocycles. The van der Waals surface area contributed by atoms with Gasteiger partial charge in [-0.1, -0.05) is 30.3 Å². The Balaban J connectivity index is 2.62. The van der Waals surface area contributed by atoms with Gasteiger partial charge in [0.1, 0.15) is 11.7 Å². The minimum atomic E-state index is -2.30. The van der Waals surface area contributed by atoms with Crippen molar-refractivity contribution in [3.05, 3.63) is 65.0 Å². The summed E-state index contributed by atoms with van der Waals surface area (Å²) in [7, 11) is 0. The SMILES string of the molecule is C[C@@H](C(=O)O)N(Cc1ccccc1)c1c(F)c(F)c(F)c(F)c1F. The second kappa shape index (κ2) is 6.86. The summed E-state index contributed by atoms with van der Waals surface area (Å²) in [5.41, 5.74) is -0.834. The molecule has 1 atom stereocenters. The van der Waals surface area contributed by atoms with E-state index in [9.17, 15) is 26.7 Å². The number of halogens is 5. The van der Waals surface area contributed by atoms with Crippen LogP contribution in [0.2, 0.25) is 0 Å². The first-order valence-corrected chi connectivity index (χ1v) is 6.80. The van der Waals surface area contributed by atoms with Crippen molar-refractivity contribution in [1.29, 1.82) is 0 Å². The molecule has 0 spiro atoms. The largest absolute Gasteiger partial charge is 0.480 e. The number of nitrogens with zero attached hydrogens (tertiary/aromatic N) is 1. The normalized spacial score (nSPS) is 12.1. The molecule has 8 heteroatoms. The summed E-state index contributed by atoms with van der Waals surface area (Å²) in [6, 6.07) is 6.39. The highest BCUT2D eigenvalue weighted by Crippen LogP contribution is 2.32. The maximum Gasteiger partial charge on any atom is 0.326 e. The minimum Gasteiger partial charge on any atom is -0.480 e. The lowest BCUT2D eigenvalue weighted by Crippen LogP contribution is -2.40. The summed E-state index contributed by atoms with van der Waals surface area (Å²) in [5.74, 6) is -12.2. The number of benzene rings is 2. The van der Waals surface area contributed by atoms with Gasteiger partial charge in [-0.05, 0) is 12.5 Å². The Labute approximate surface area is 133 Å². The zero-order valence-corrected chi connectivity index (χ0v) is 12.4. The lowest BCUT2D eigenvalue weighted by atomic mass is 10.1. The Morgan fingerprint density at radius 2 is 1.42 bits per heavy atom. The van der Waals surface area contributed by atoms with E-state index in [-0.39, 0.29) is 6.54 Å². The molecule has 0 aliphatic heterocycles. The lowest BCUT2D eigenvalue weighted by molar-refractivity contribution is -0.138. The summed E-state index contributed by atoms with van der Waals surface area (Å²) in [6.45, 7) is 0.732. The Bertz CT molecular complexity index is 738. The van der Waals surface area contributed by atoms with Gasteiger partial charge in [0.05, 0.1) is 0 Å². The monoisotopic (exact) mass is 345 g/mol. The quantitative estimate of drug-likeness (QED) is 0.508. The van der Waals surface area contributed by atoms with Crippen molar-refractivity contribution in [2.45, 2.75) is 19.5 Å². The van der Waals surface area contributed by atoms with Crippen LogP contribution in [-0.2, 0) is 11.3 Å². The zero-order valence-electron chi connectivity index (χ0n) is 12.4. The third-order valence-corrected chi connectivity index (χ3v) is 3.49. The first-order chi connectivity index (χ1) is 11.3. The molecule has 0 unspecified atom stereocenters. The number of carboxylic acids is 1. The summed E-state index contributed by atoms with van der Waals surface area (Å²) in [6.07, 6.45) is 0. The number of hydrogen-bond acceptors (Lipinski definition) is 2. The second-order valence-electron chi connectivity index (χ2n) is 5.05. The molecule has 0 amide bonds. The zero-order chi connectivity index (χ0) is 18.0. The van der Waals surface area contributed by atoms with Crippen molar-refractivity contribution in [3.63, 3.8) is 0 Å². The van der Waals surface area contributed by atoms with Crippen LogP contribution in [0, 0.1) is 29.1 Å². The van der Waals surface area contributed by atoms with Crippen LogP contribution in [0.5, 0.6) is 0 Å². The van der Waals surface area contributed by atoms with Crippen LogP contribution in [-0.4, -0.2) is 17.1 Å². The topological polar surface area (TPSA) is 40.5 Å². The number of rotatable bonds is 5. The first-order valence-electron chi connectivity index (χ1n) is 6.80. The molecule has 0 radical (unpaired) electrons. The van der Waals surface area contributed by atoms with Gasteiger partial charge in [0.2, 0.25) is 5.82 Å². The highest BCUT2D eigenvalue weighted by Gasteiger charge is 2.33. The molecule has 128 valence electrons. The summed E-state index contributed by atoms with van der Waals surface area (Å²) >= 11 is 0. The fourth-order valence-electron chi connectivity index (χ4n) is 2.17. The van der Waals surface area contributed by atoms with Crippen molar-refractivity contribution in [3.8, 4) is 0 Å². The third-order valence-electron chi connectivity index (χ3n) is 3.49. The van der Waals surface area contributed by atoms with Crippen LogP contribution in [0.15, 0.2) is 30.3 Å². The predicted octanol–water partition coefficient (Wildman–Crippen LogP) is 3.86. The van der Waals surface area contributed by atoms with Crippen molar-refractivity contribution >= 4 is 11.7 Å². The Hall–Kier alpha value is -2.64. The molecule has 0 bridgehead atoms. The molecule has 1 N–H and O–H groups in total. The van der Waals surface area contributed by atoms with Crippen molar-refractivity contribution in [2.24, 2.45) is 0 Å². The van der Waals surface area contributed by atoms with Gasteiger partial charge in [-0.2, -0.15) is 0 Å². The molecule has 24 heavy (non-hydrogen) atoms. The maximum atomic E-state index is 14.0. The molecule has 2 aromatic carbocycles. The van der Waals surface area contributed by atoms with Crippen LogP contribution >= 0.6 is 0 Å². The Kier molecular flexibility index (Phi) is 5.06. The van der Waals surface area contributed by atoms with Crippen LogP contribution in [0.1, 0.15) is 12.5 Å². The highest BCUT2D eigenvalue weighted by molar-refractivity contribution is 5.78. The molecule has 0 aliphatic rings. The molecule has 0 aliphatic carbocycles. The van der Waals surface area contributed by atoms with Gasteiger partial charge in [-0.25, -0.2) is 26.7 Å². The van der Waals surface area contributed by atoms with Gasteiger partial charge >= 0.3 is 5.97 Å². The van der Waals surface area contributed by atoms with Gasteiger partial charge < -0.3 is 10.0 Å². The number of carbonyl (C=O) groups is 1. The summed E-state index contributed by atoms with van der Waals surface area (Å²) in [4.78, 5) is 11.8. The van der Waals surface area contributed by atoms with Crippen molar-refractivity contribution < 1.29 is 31.9 Å². The maximum absolute atomic E-state index is 14.0. The average Bonchev–Trinajstić information content (AvgIpc) is 2.57. The minimum absolute atomic E-state index is 0.355. The molecule has 0 saturated heterocycles. The fraction of sp³-hybridized carbons (Fsp3) is 0.188. The molecule has 0 fully saturated rings. The van der Waals surface area contributed by atoms with Crippen LogP contribution in [0.4, 0.5) is 27.6 Å². The average molecular weight is 345 g/mol. The molecule has 3 nitrogen and oxygen atoms in total. The van der Waals surface area contributed by atoms with Crippen LogP contribution < -0.4 is 4.90 Å². The molecule has 0 heterocycles. The molecule has 2 rings (SSSR count). The number of carboxylic acid groups (broad SMARTS) is 1. The smallest absolute Gasteiger partial charge is 0.326 e. The van der Waals surface area contributed by atoms with Crippen LogP contribution in [0.25, 0.3) is 0 Å². The van der Waals surface area contributed by atoms with E-state index in [1.807, 2.05) is 0 Å². The van der Waals surface area contributed by atoms with E-state index in [1.54, 1.807) is 18.2 Å². The number of anilines is 1. The van der Waals surface area contributed by atoms with E-state index >= 15 is 0 Å². The van der Waals surface area contributed by atoms with E-state index in [0.29, 0.717) is 10.5 Å². The summed E-state index contributed by atoms with van der Waals surface area (Å²) < 4.78 is 68.1. The van der Waals surface area contributed by atoms with Crippen molar-refractivity contribution in [2.75, 3.05) is 4.90 Å². The third kappa shape index (κ3) is 3.17. The van der Waals surface area contributed by atoms with Gasteiger partial charge in [-0.15, -0.1) is 0 Å². The standard InChI is InChI=1S/C16H12F5NO2/c1-8(16(23)24)22(7-9-5-3-2-4-6-9)15-13(20)11(18)10(17)12(19)14(15)21/h2-6,8H,7H2,1H3,(H,23,24)/t8-/m0/s1. The Morgan fingerprint density at radius 1 is 0.958 bits per heavy atom. The van der Waals surface area contributed by atoms with Gasteiger partial charge in [0.25, 0.3) is 0 Å². The first kappa shape index (κ1) is 17.7. The van der Waals surface area contributed by atoms with E-state index in [2.05, 4.69) is 0 Å². The van der Waals surface area contributed by atoms with Gasteiger partial charge in [0.15, 0.2) is 23.3 Å². The van der Waals surface area contributed by atoms with Gasteiger partial charge in [0, 0.05) is 6.54 Å². The van der Waals surface area contributed by atoms with Crippen LogP contribution in [0.3, 0.4) is 0 Å². The Morgan fingerprint density at radius 3 is 1.88 bits per heavy atom. The van der Waals surface area contributed by atoms with E-state index < -0.39 is 46.8 Å². The van der Waals surface area contributed by atoms with E-state index in [0.717, 1.165) is 6.92 Å². The molecule has 2 aromatic rings. The fourth-order valence-corrected chi connectivity index (χ4v) is 2.17. The number of hydrogen-bond donors (Lipinski definition) is 1. The van der Waals surface area contributed by atoms with Crippen molar-refractivity contribution in [1.82, 2.24) is 0 Å². The molecule has 0 saturated carbocycles. The van der Waals surface area contributed by atoms with E-state index in [1.165, 1.54) is 12.1 Å².